The van der Waals surface area contributed by atoms with E-state index in [1.54, 1.807) is 12.1 Å². The van der Waals surface area contributed by atoms with Crippen LogP contribution in [0.5, 0.6) is 0 Å². The third-order valence-corrected chi connectivity index (χ3v) is 4.86. The van der Waals surface area contributed by atoms with Crippen molar-refractivity contribution in [3.8, 4) is 11.1 Å². The van der Waals surface area contributed by atoms with Crippen LogP contribution in [0.4, 0.5) is 10.7 Å². The Bertz CT molecular complexity index is 862. The van der Waals surface area contributed by atoms with Gasteiger partial charge in [-0.1, -0.05) is 47.5 Å². The van der Waals surface area contributed by atoms with Crippen LogP contribution >= 0.6 is 34.5 Å². The molecule has 0 aliphatic heterocycles. The predicted molar refractivity (Wildman–Crippen MR) is 98.6 cm³/mol. The highest BCUT2D eigenvalue weighted by molar-refractivity contribution is 7.15. The maximum atomic E-state index is 12.6. The molecule has 0 atom stereocenters. The van der Waals surface area contributed by atoms with Crippen molar-refractivity contribution in [3.05, 3.63) is 69.5 Å². The molecule has 0 unspecified atom stereocenters. The maximum absolute atomic E-state index is 12.6. The quantitative estimate of drug-likeness (QED) is 0.640. The topological polar surface area (TPSA) is 55.1 Å². The molecule has 3 rings (SSSR count). The van der Waals surface area contributed by atoms with E-state index < -0.39 is 0 Å². The molecule has 0 radical (unpaired) electrons. The Morgan fingerprint density at radius 2 is 1.78 bits per heavy atom. The van der Waals surface area contributed by atoms with E-state index in [2.05, 4.69) is 5.32 Å². The van der Waals surface area contributed by atoms with Crippen LogP contribution in [0.3, 0.4) is 0 Å². The van der Waals surface area contributed by atoms with Crippen LogP contribution in [-0.2, 0) is 0 Å². The van der Waals surface area contributed by atoms with Crippen LogP contribution < -0.4 is 11.1 Å². The summed E-state index contributed by atoms with van der Waals surface area (Å²) in [4.78, 5) is 12.6. The summed E-state index contributed by atoms with van der Waals surface area (Å²) < 4.78 is 0. The first-order chi connectivity index (χ1) is 11.1. The summed E-state index contributed by atoms with van der Waals surface area (Å²) in [6.45, 7) is 0. The summed E-state index contributed by atoms with van der Waals surface area (Å²) in [5, 5.41) is 6.05. The molecule has 1 aromatic heterocycles. The lowest BCUT2D eigenvalue weighted by Crippen LogP contribution is -2.13. The van der Waals surface area contributed by atoms with Crippen LogP contribution in [0, 0.1) is 0 Å². The Balaban J connectivity index is 1.98. The minimum absolute atomic E-state index is 0.254. The molecule has 1 amide bonds. The lowest BCUT2D eigenvalue weighted by Gasteiger charge is -2.08. The highest BCUT2D eigenvalue weighted by Crippen LogP contribution is 2.36. The zero-order valence-corrected chi connectivity index (χ0v) is 14.2. The van der Waals surface area contributed by atoms with Gasteiger partial charge in [0, 0.05) is 16.6 Å². The summed E-state index contributed by atoms with van der Waals surface area (Å²) in [5.41, 5.74) is 8.69. The highest BCUT2D eigenvalue weighted by Gasteiger charge is 2.19. The monoisotopic (exact) mass is 362 g/mol. The van der Waals surface area contributed by atoms with Crippen molar-refractivity contribution in [1.82, 2.24) is 0 Å². The number of halogens is 2. The van der Waals surface area contributed by atoms with Crippen molar-refractivity contribution in [3.63, 3.8) is 0 Å². The molecule has 1 heterocycles. The van der Waals surface area contributed by atoms with Crippen LogP contribution in [0.2, 0.25) is 10.0 Å². The third kappa shape index (κ3) is 3.34. The first-order valence-electron chi connectivity index (χ1n) is 6.75. The third-order valence-electron chi connectivity index (χ3n) is 3.31. The van der Waals surface area contributed by atoms with Crippen LogP contribution in [0.25, 0.3) is 11.1 Å². The minimum atomic E-state index is -0.254. The number of amides is 1. The van der Waals surface area contributed by atoms with Crippen LogP contribution in [0.1, 0.15) is 10.4 Å². The van der Waals surface area contributed by atoms with Gasteiger partial charge in [-0.05, 0) is 29.8 Å². The molecule has 116 valence electrons. The molecule has 3 N–H and O–H groups in total. The molecular weight excluding hydrogens is 351 g/mol. The van der Waals surface area contributed by atoms with Gasteiger partial charge in [0.15, 0.2) is 0 Å². The average Bonchev–Trinajstić information content (AvgIpc) is 2.93. The number of hydrogen-bond donors (Lipinski definition) is 2. The number of nitrogens with one attached hydrogen (secondary N) is 1. The number of benzene rings is 2. The molecule has 3 nitrogen and oxygen atoms in total. The van der Waals surface area contributed by atoms with Gasteiger partial charge in [-0.15, -0.1) is 11.3 Å². The second-order valence-corrected chi connectivity index (χ2v) is 6.56. The summed E-state index contributed by atoms with van der Waals surface area (Å²) in [7, 11) is 0. The molecule has 0 spiro atoms. The zero-order valence-electron chi connectivity index (χ0n) is 11.8. The van der Waals surface area contributed by atoms with E-state index in [1.165, 1.54) is 11.3 Å². The van der Waals surface area contributed by atoms with E-state index in [-0.39, 0.29) is 5.91 Å². The first-order valence-corrected chi connectivity index (χ1v) is 8.38. The summed E-state index contributed by atoms with van der Waals surface area (Å²) in [5.74, 6) is -0.254. The Kier molecular flexibility index (Phi) is 4.57. The summed E-state index contributed by atoms with van der Waals surface area (Å²) in [6, 6.07) is 14.5. The summed E-state index contributed by atoms with van der Waals surface area (Å²) >= 11 is 13.3. The van der Waals surface area contributed by atoms with Crippen molar-refractivity contribution in [2.45, 2.75) is 0 Å². The largest absolute Gasteiger partial charge is 0.390 e. The van der Waals surface area contributed by atoms with Crippen molar-refractivity contribution in [1.29, 1.82) is 0 Å². The standard InChI is InChI=1S/C17H12Cl2N2OS/c18-13-7-6-10(8-14(13)19)12-9-23-16(20)15(12)17(22)21-11-4-2-1-3-5-11/h1-9H,20H2,(H,21,22). The van der Waals surface area contributed by atoms with Gasteiger partial charge in [-0.25, -0.2) is 0 Å². The number of carbonyl (C=O) groups excluding carboxylic acids is 1. The number of hydrogen-bond acceptors (Lipinski definition) is 3. The molecule has 0 fully saturated rings. The number of thiophene rings is 1. The van der Waals surface area contributed by atoms with Gasteiger partial charge >= 0.3 is 0 Å². The smallest absolute Gasteiger partial charge is 0.259 e. The Morgan fingerprint density at radius 3 is 2.48 bits per heavy atom. The fraction of sp³-hybridized carbons (Fsp3) is 0. The molecule has 0 saturated carbocycles. The molecule has 23 heavy (non-hydrogen) atoms. The van der Waals surface area contributed by atoms with E-state index >= 15 is 0 Å². The van der Waals surface area contributed by atoms with Gasteiger partial charge in [-0.3, -0.25) is 4.79 Å². The highest BCUT2D eigenvalue weighted by atomic mass is 35.5. The lowest BCUT2D eigenvalue weighted by atomic mass is 10.0. The molecule has 0 aliphatic rings. The molecule has 0 bridgehead atoms. The van der Waals surface area contributed by atoms with Crippen molar-refractivity contribution in [2.24, 2.45) is 0 Å². The van der Waals surface area contributed by atoms with Gasteiger partial charge in [0.25, 0.3) is 5.91 Å². The van der Waals surface area contributed by atoms with Crippen molar-refractivity contribution < 1.29 is 4.79 Å². The Morgan fingerprint density at radius 1 is 1.04 bits per heavy atom. The van der Waals surface area contributed by atoms with Crippen LogP contribution in [-0.4, -0.2) is 5.91 Å². The van der Waals surface area contributed by atoms with Crippen LogP contribution in [0.15, 0.2) is 53.9 Å². The number of rotatable bonds is 3. The van der Waals surface area contributed by atoms with Gasteiger partial charge < -0.3 is 11.1 Å². The molecule has 3 aromatic rings. The predicted octanol–water partition coefficient (Wildman–Crippen LogP) is 5.56. The molecular formula is C17H12Cl2N2OS. The molecule has 6 heteroatoms. The first kappa shape index (κ1) is 15.9. The van der Waals surface area contributed by atoms with Gasteiger partial charge in [-0.2, -0.15) is 0 Å². The zero-order chi connectivity index (χ0) is 16.4. The van der Waals surface area contributed by atoms with E-state index in [9.17, 15) is 4.79 Å². The van der Waals surface area contributed by atoms with E-state index in [4.69, 9.17) is 28.9 Å². The van der Waals surface area contributed by atoms with Crippen molar-refractivity contribution in [2.75, 3.05) is 11.1 Å². The van der Waals surface area contributed by atoms with E-state index in [1.807, 2.05) is 41.8 Å². The van der Waals surface area contributed by atoms with Crippen molar-refractivity contribution >= 4 is 51.1 Å². The Labute approximate surface area is 147 Å². The minimum Gasteiger partial charge on any atom is -0.390 e. The fourth-order valence-electron chi connectivity index (χ4n) is 2.20. The Hall–Kier alpha value is -2.01. The fourth-order valence-corrected chi connectivity index (χ4v) is 3.32. The average molecular weight is 363 g/mol. The molecule has 0 saturated heterocycles. The number of nitrogens with two attached hydrogens (primary N) is 1. The second-order valence-electron chi connectivity index (χ2n) is 4.84. The number of anilines is 2. The SMILES string of the molecule is Nc1scc(-c2ccc(Cl)c(Cl)c2)c1C(=O)Nc1ccccc1. The number of para-hydroxylation sites is 1. The number of carbonyl (C=O) groups is 1. The molecule has 0 aliphatic carbocycles. The van der Waals surface area contributed by atoms with Gasteiger partial charge in [0.1, 0.15) is 0 Å². The van der Waals surface area contributed by atoms with Gasteiger partial charge in [0.2, 0.25) is 0 Å². The number of nitrogen functional groups attached to an aromatic ring is 1. The molecule has 2 aromatic carbocycles. The second kappa shape index (κ2) is 6.62. The normalized spacial score (nSPS) is 10.5. The van der Waals surface area contributed by atoms with E-state index in [0.717, 1.165) is 11.1 Å². The van der Waals surface area contributed by atoms with E-state index in [0.29, 0.717) is 26.3 Å². The summed E-state index contributed by atoms with van der Waals surface area (Å²) in [6.07, 6.45) is 0. The maximum Gasteiger partial charge on any atom is 0.259 e. The lowest BCUT2D eigenvalue weighted by molar-refractivity contribution is 0.102. The van der Waals surface area contributed by atoms with Gasteiger partial charge in [0.05, 0.1) is 20.6 Å².